The summed E-state index contributed by atoms with van der Waals surface area (Å²) in [6.45, 7) is -0.511. The van der Waals surface area contributed by atoms with Crippen LogP contribution in [0.4, 0.5) is 14.5 Å². The highest BCUT2D eigenvalue weighted by atomic mass is 32.2. The molecule has 0 saturated carbocycles. The summed E-state index contributed by atoms with van der Waals surface area (Å²) in [5, 5.41) is 2.38. The van der Waals surface area contributed by atoms with Gasteiger partial charge in [0.1, 0.15) is 11.6 Å². The van der Waals surface area contributed by atoms with Crippen molar-refractivity contribution in [2.75, 3.05) is 25.5 Å². The van der Waals surface area contributed by atoms with Crippen molar-refractivity contribution in [2.45, 2.75) is 17.7 Å². The number of ether oxygens (including phenoxy) is 1. The molecule has 2 aromatic rings. The Labute approximate surface area is 167 Å². The van der Waals surface area contributed by atoms with Crippen LogP contribution in [0.2, 0.25) is 0 Å². The molecule has 0 atom stereocenters. The first kappa shape index (κ1) is 22.4. The molecule has 0 aliphatic carbocycles. The van der Waals surface area contributed by atoms with E-state index in [0.717, 1.165) is 34.6 Å². The summed E-state index contributed by atoms with van der Waals surface area (Å²) in [6.07, 6.45) is 0.0673. The summed E-state index contributed by atoms with van der Waals surface area (Å²) in [7, 11) is -2.45. The quantitative estimate of drug-likeness (QED) is 0.622. The van der Waals surface area contributed by atoms with Gasteiger partial charge >= 0.3 is 5.97 Å². The monoisotopic (exact) mass is 426 g/mol. The summed E-state index contributed by atoms with van der Waals surface area (Å²) in [5.41, 5.74) is 0.235. The average molecular weight is 426 g/mol. The second kappa shape index (κ2) is 10.1. The lowest BCUT2D eigenvalue weighted by Gasteiger charge is -2.17. The van der Waals surface area contributed by atoms with Crippen LogP contribution in [0.3, 0.4) is 0 Å². The Morgan fingerprint density at radius 2 is 1.76 bits per heavy atom. The molecular weight excluding hydrogens is 406 g/mol. The fourth-order valence-corrected chi connectivity index (χ4v) is 3.54. The Balaban J connectivity index is 1.73. The van der Waals surface area contributed by atoms with Gasteiger partial charge in [-0.1, -0.05) is 6.07 Å². The molecule has 0 fully saturated rings. The molecule has 0 aromatic heterocycles. The molecule has 0 radical (unpaired) electrons. The van der Waals surface area contributed by atoms with Gasteiger partial charge in [-0.3, -0.25) is 9.59 Å². The van der Waals surface area contributed by atoms with Crippen LogP contribution in [0.15, 0.2) is 53.4 Å². The van der Waals surface area contributed by atoms with E-state index in [4.69, 9.17) is 4.74 Å². The minimum absolute atomic E-state index is 0.0320. The van der Waals surface area contributed by atoms with E-state index in [9.17, 15) is 26.8 Å². The van der Waals surface area contributed by atoms with Crippen molar-refractivity contribution in [3.8, 4) is 0 Å². The molecule has 29 heavy (non-hydrogen) atoms. The standard InChI is InChI=1S/C19H20F2N2O5S/c1-23(29(26,27)17-9-7-14(20)8-10-17)11-3-6-19(25)28-13-18(24)22-16-5-2-4-15(21)12-16/h2,4-5,7-10,12H,3,6,11,13H2,1H3,(H,22,24). The number of nitrogens with zero attached hydrogens (tertiary/aromatic N) is 1. The van der Waals surface area contributed by atoms with Crippen LogP contribution < -0.4 is 5.32 Å². The Bertz CT molecular complexity index is 965. The van der Waals surface area contributed by atoms with Gasteiger partial charge in [0.25, 0.3) is 5.91 Å². The summed E-state index contributed by atoms with van der Waals surface area (Å²) in [4.78, 5) is 23.4. The van der Waals surface area contributed by atoms with E-state index in [2.05, 4.69) is 5.32 Å². The van der Waals surface area contributed by atoms with Gasteiger partial charge in [-0.05, 0) is 48.9 Å². The normalized spacial score (nSPS) is 11.3. The predicted octanol–water partition coefficient (Wildman–Crippen LogP) is 2.55. The van der Waals surface area contributed by atoms with Crippen molar-refractivity contribution >= 4 is 27.6 Å². The summed E-state index contributed by atoms with van der Waals surface area (Å²) < 4.78 is 56.5. The van der Waals surface area contributed by atoms with Crippen LogP contribution in [-0.4, -0.2) is 44.8 Å². The zero-order valence-electron chi connectivity index (χ0n) is 15.6. The first-order valence-electron chi connectivity index (χ1n) is 8.61. The zero-order valence-corrected chi connectivity index (χ0v) is 16.4. The van der Waals surface area contributed by atoms with E-state index in [0.29, 0.717) is 0 Å². The maximum Gasteiger partial charge on any atom is 0.306 e. The van der Waals surface area contributed by atoms with Crippen molar-refractivity contribution in [3.63, 3.8) is 0 Å². The Hall–Kier alpha value is -2.85. The first-order valence-corrected chi connectivity index (χ1v) is 10.1. The lowest BCUT2D eigenvalue weighted by molar-refractivity contribution is -0.147. The number of carbonyl (C=O) groups excluding carboxylic acids is 2. The number of esters is 1. The number of hydrogen-bond acceptors (Lipinski definition) is 5. The topological polar surface area (TPSA) is 92.8 Å². The van der Waals surface area contributed by atoms with E-state index in [1.807, 2.05) is 0 Å². The summed E-state index contributed by atoms with van der Waals surface area (Å²) >= 11 is 0. The predicted molar refractivity (Wildman–Crippen MR) is 101 cm³/mol. The highest BCUT2D eigenvalue weighted by molar-refractivity contribution is 7.89. The van der Waals surface area contributed by atoms with Gasteiger partial charge in [-0.25, -0.2) is 21.5 Å². The molecule has 7 nitrogen and oxygen atoms in total. The SMILES string of the molecule is CN(CCCC(=O)OCC(=O)Nc1cccc(F)c1)S(=O)(=O)c1ccc(F)cc1. The van der Waals surface area contributed by atoms with Crippen LogP contribution in [0.5, 0.6) is 0 Å². The number of halogens is 2. The molecular formula is C19H20F2N2O5S. The molecule has 0 heterocycles. The van der Waals surface area contributed by atoms with Crippen LogP contribution in [-0.2, 0) is 24.3 Å². The fourth-order valence-electron chi connectivity index (χ4n) is 2.33. The number of sulfonamides is 1. The third-order valence-electron chi connectivity index (χ3n) is 3.85. The average Bonchev–Trinajstić information content (AvgIpc) is 2.66. The van der Waals surface area contributed by atoms with Crippen molar-refractivity contribution in [1.29, 1.82) is 0 Å². The van der Waals surface area contributed by atoms with Crippen molar-refractivity contribution < 1.29 is 31.5 Å². The second-order valence-electron chi connectivity index (χ2n) is 6.10. The zero-order chi connectivity index (χ0) is 21.4. The third-order valence-corrected chi connectivity index (χ3v) is 5.72. The van der Waals surface area contributed by atoms with Gasteiger partial charge in [0.05, 0.1) is 4.90 Å². The number of rotatable bonds is 9. The van der Waals surface area contributed by atoms with E-state index in [1.54, 1.807) is 0 Å². The van der Waals surface area contributed by atoms with Gasteiger partial charge in [0, 0.05) is 25.7 Å². The molecule has 0 saturated heterocycles. The fraction of sp³-hybridized carbons (Fsp3) is 0.263. The highest BCUT2D eigenvalue weighted by Gasteiger charge is 2.20. The molecule has 0 aliphatic heterocycles. The van der Waals surface area contributed by atoms with Crippen LogP contribution >= 0.6 is 0 Å². The Kier molecular flexibility index (Phi) is 7.80. The number of carbonyl (C=O) groups is 2. The third kappa shape index (κ3) is 6.91. The molecule has 10 heteroatoms. The van der Waals surface area contributed by atoms with E-state index in [1.165, 1.54) is 25.2 Å². The molecule has 2 rings (SSSR count). The lowest BCUT2D eigenvalue weighted by Crippen LogP contribution is -2.28. The summed E-state index contributed by atoms with van der Waals surface area (Å²) in [6, 6.07) is 9.67. The van der Waals surface area contributed by atoms with Crippen molar-refractivity contribution in [1.82, 2.24) is 4.31 Å². The van der Waals surface area contributed by atoms with Crippen LogP contribution in [0.25, 0.3) is 0 Å². The highest BCUT2D eigenvalue weighted by Crippen LogP contribution is 2.15. The van der Waals surface area contributed by atoms with Crippen LogP contribution in [0.1, 0.15) is 12.8 Å². The van der Waals surface area contributed by atoms with E-state index in [-0.39, 0.29) is 30.0 Å². The maximum atomic E-state index is 13.0. The number of nitrogens with one attached hydrogen (secondary N) is 1. The van der Waals surface area contributed by atoms with Gasteiger partial charge in [-0.2, -0.15) is 0 Å². The maximum absolute atomic E-state index is 13.0. The second-order valence-corrected chi connectivity index (χ2v) is 8.15. The van der Waals surface area contributed by atoms with Gasteiger partial charge in [-0.15, -0.1) is 0 Å². The van der Waals surface area contributed by atoms with Crippen molar-refractivity contribution in [2.24, 2.45) is 0 Å². The molecule has 2 aromatic carbocycles. The van der Waals surface area contributed by atoms with Gasteiger partial charge < -0.3 is 10.1 Å². The minimum Gasteiger partial charge on any atom is -0.456 e. The number of benzene rings is 2. The molecule has 156 valence electrons. The summed E-state index contributed by atoms with van der Waals surface area (Å²) in [5.74, 6) is -2.36. The first-order chi connectivity index (χ1) is 13.7. The van der Waals surface area contributed by atoms with E-state index >= 15 is 0 Å². The van der Waals surface area contributed by atoms with Crippen molar-refractivity contribution in [3.05, 3.63) is 60.2 Å². The largest absolute Gasteiger partial charge is 0.456 e. The molecule has 0 unspecified atom stereocenters. The smallest absolute Gasteiger partial charge is 0.306 e. The number of amides is 1. The molecule has 0 bridgehead atoms. The number of hydrogen-bond donors (Lipinski definition) is 1. The van der Waals surface area contributed by atoms with Crippen LogP contribution in [0, 0.1) is 11.6 Å². The Morgan fingerprint density at radius 1 is 1.07 bits per heavy atom. The van der Waals surface area contributed by atoms with Gasteiger partial charge in [0.15, 0.2) is 6.61 Å². The molecule has 1 amide bonds. The molecule has 0 aliphatic rings. The molecule has 0 spiro atoms. The number of anilines is 1. The molecule has 1 N–H and O–H groups in total. The Morgan fingerprint density at radius 3 is 2.41 bits per heavy atom. The minimum atomic E-state index is -3.80. The lowest BCUT2D eigenvalue weighted by atomic mass is 10.3. The van der Waals surface area contributed by atoms with E-state index < -0.39 is 40.1 Å². The van der Waals surface area contributed by atoms with Gasteiger partial charge in [0.2, 0.25) is 10.0 Å².